The van der Waals surface area contributed by atoms with Crippen molar-refractivity contribution in [3.63, 3.8) is 0 Å². The maximum Gasteiger partial charge on any atom is 0.234 e. The highest BCUT2D eigenvalue weighted by Crippen LogP contribution is 2.17. The van der Waals surface area contributed by atoms with Crippen molar-refractivity contribution >= 4 is 21.8 Å². The molecular weight excluding hydrogens is 312 g/mol. The lowest BCUT2D eigenvalue weighted by Crippen LogP contribution is -2.37. The van der Waals surface area contributed by atoms with Gasteiger partial charge in [-0.1, -0.05) is 28.1 Å². The summed E-state index contributed by atoms with van der Waals surface area (Å²) in [6, 6.07) is 7.45. The van der Waals surface area contributed by atoms with Gasteiger partial charge in [0.1, 0.15) is 0 Å². The Morgan fingerprint density at radius 1 is 1.53 bits per heavy atom. The summed E-state index contributed by atoms with van der Waals surface area (Å²) >= 11 is 3.35. The van der Waals surface area contributed by atoms with Gasteiger partial charge in [-0.15, -0.1) is 0 Å². The van der Waals surface area contributed by atoms with Gasteiger partial charge < -0.3 is 20.5 Å². The van der Waals surface area contributed by atoms with Crippen LogP contribution in [0, 0.1) is 0 Å². The third-order valence-electron chi connectivity index (χ3n) is 2.49. The zero-order valence-corrected chi connectivity index (χ0v) is 12.4. The lowest BCUT2D eigenvalue weighted by molar-refractivity contribution is -0.120. The Balaban J connectivity index is 2.23. The number of hydrogen-bond donors (Lipinski definition) is 3. The van der Waals surface area contributed by atoms with E-state index < -0.39 is 6.10 Å². The highest BCUT2D eigenvalue weighted by molar-refractivity contribution is 9.10. The number of methoxy groups -OCH3 is 1. The van der Waals surface area contributed by atoms with Crippen LogP contribution in [0.25, 0.3) is 0 Å². The topological polar surface area (TPSA) is 70.6 Å². The van der Waals surface area contributed by atoms with E-state index in [2.05, 4.69) is 26.6 Å². The summed E-state index contributed by atoms with van der Waals surface area (Å²) < 4.78 is 5.74. The van der Waals surface area contributed by atoms with E-state index in [1.54, 1.807) is 7.11 Å². The van der Waals surface area contributed by atoms with Gasteiger partial charge in [-0.2, -0.15) is 0 Å². The van der Waals surface area contributed by atoms with Gasteiger partial charge in [0.05, 0.1) is 19.3 Å². The summed E-state index contributed by atoms with van der Waals surface area (Å²) in [7, 11) is 1.58. The van der Waals surface area contributed by atoms with Crippen LogP contribution in [0.5, 0.6) is 0 Å². The minimum Gasteiger partial charge on any atom is -0.387 e. The Morgan fingerprint density at radius 3 is 3.00 bits per heavy atom. The number of halogens is 1. The third kappa shape index (κ3) is 6.68. The van der Waals surface area contributed by atoms with Gasteiger partial charge in [0.2, 0.25) is 5.91 Å². The molecule has 1 rings (SSSR count). The molecule has 1 aromatic carbocycles. The average molecular weight is 331 g/mol. The predicted octanol–water partition coefficient (Wildman–Crippen LogP) is 0.835. The van der Waals surface area contributed by atoms with Gasteiger partial charge in [-0.05, 0) is 17.7 Å². The fourth-order valence-corrected chi connectivity index (χ4v) is 1.93. The molecule has 0 aliphatic carbocycles. The fraction of sp³-hybridized carbons (Fsp3) is 0.462. The zero-order chi connectivity index (χ0) is 14.1. The van der Waals surface area contributed by atoms with Crippen LogP contribution in [0.4, 0.5) is 0 Å². The van der Waals surface area contributed by atoms with E-state index in [0.29, 0.717) is 19.7 Å². The molecule has 0 radical (unpaired) electrons. The summed E-state index contributed by atoms with van der Waals surface area (Å²) in [4.78, 5) is 11.4. The van der Waals surface area contributed by atoms with Crippen molar-refractivity contribution < 1.29 is 14.6 Å². The Hall–Kier alpha value is -0.950. The molecular formula is C13H19BrN2O3. The first-order valence-electron chi connectivity index (χ1n) is 6.03. The first-order chi connectivity index (χ1) is 9.13. The van der Waals surface area contributed by atoms with Gasteiger partial charge in [0.25, 0.3) is 0 Å². The van der Waals surface area contributed by atoms with E-state index in [1.807, 2.05) is 24.3 Å². The van der Waals surface area contributed by atoms with Crippen LogP contribution >= 0.6 is 15.9 Å². The van der Waals surface area contributed by atoms with E-state index in [-0.39, 0.29) is 12.5 Å². The Labute approximate surface area is 121 Å². The van der Waals surface area contributed by atoms with E-state index in [1.165, 1.54) is 0 Å². The molecule has 0 heterocycles. The van der Waals surface area contributed by atoms with Crippen molar-refractivity contribution in [1.29, 1.82) is 0 Å². The molecule has 1 aromatic rings. The first kappa shape index (κ1) is 16.1. The maximum atomic E-state index is 11.4. The van der Waals surface area contributed by atoms with Crippen molar-refractivity contribution in [2.75, 3.05) is 33.4 Å². The molecule has 19 heavy (non-hydrogen) atoms. The van der Waals surface area contributed by atoms with E-state index in [9.17, 15) is 9.90 Å². The van der Waals surface area contributed by atoms with Crippen LogP contribution < -0.4 is 10.6 Å². The van der Waals surface area contributed by atoms with E-state index in [0.717, 1.165) is 10.0 Å². The summed E-state index contributed by atoms with van der Waals surface area (Å²) in [6.45, 7) is 1.49. The van der Waals surface area contributed by atoms with Crippen molar-refractivity contribution in [2.24, 2.45) is 0 Å². The van der Waals surface area contributed by atoms with Crippen LogP contribution in [0.3, 0.4) is 0 Å². The third-order valence-corrected chi connectivity index (χ3v) is 2.98. The maximum absolute atomic E-state index is 11.4. The van der Waals surface area contributed by atoms with Crippen LogP contribution in [0.1, 0.15) is 11.7 Å². The predicted molar refractivity (Wildman–Crippen MR) is 76.9 cm³/mol. The number of carbonyl (C=O) groups is 1. The van der Waals surface area contributed by atoms with Crippen LogP contribution in [-0.4, -0.2) is 44.4 Å². The molecule has 0 spiro atoms. The van der Waals surface area contributed by atoms with Gasteiger partial charge in [0.15, 0.2) is 0 Å². The Kier molecular flexibility index (Phi) is 7.66. The highest BCUT2D eigenvalue weighted by atomic mass is 79.9. The fourth-order valence-electron chi connectivity index (χ4n) is 1.51. The van der Waals surface area contributed by atoms with Crippen molar-refractivity contribution in [3.05, 3.63) is 34.3 Å². The molecule has 0 aliphatic rings. The van der Waals surface area contributed by atoms with Crippen molar-refractivity contribution in [3.8, 4) is 0 Å². The number of carbonyl (C=O) groups excluding carboxylic acids is 1. The first-order valence-corrected chi connectivity index (χ1v) is 6.82. The number of aliphatic hydroxyl groups is 1. The summed E-state index contributed by atoms with van der Waals surface area (Å²) in [6.07, 6.45) is -0.635. The van der Waals surface area contributed by atoms with Crippen molar-refractivity contribution in [1.82, 2.24) is 10.6 Å². The summed E-state index contributed by atoms with van der Waals surface area (Å²) in [5.74, 6) is -0.113. The number of amides is 1. The number of aliphatic hydroxyl groups excluding tert-OH is 1. The second kappa shape index (κ2) is 9.03. The number of ether oxygens (including phenoxy) is 1. The molecule has 5 nitrogen and oxygen atoms in total. The molecule has 6 heteroatoms. The molecule has 0 saturated carbocycles. The lowest BCUT2D eigenvalue weighted by atomic mass is 10.1. The summed E-state index contributed by atoms with van der Waals surface area (Å²) in [5.41, 5.74) is 0.807. The monoisotopic (exact) mass is 330 g/mol. The van der Waals surface area contributed by atoms with Gasteiger partial charge in [0, 0.05) is 24.7 Å². The minimum atomic E-state index is -0.635. The second-order valence-corrected chi connectivity index (χ2v) is 4.96. The molecule has 0 saturated heterocycles. The molecule has 1 unspecified atom stereocenters. The second-order valence-electron chi connectivity index (χ2n) is 4.04. The van der Waals surface area contributed by atoms with Crippen molar-refractivity contribution in [2.45, 2.75) is 6.10 Å². The molecule has 0 aromatic heterocycles. The number of hydrogen-bond acceptors (Lipinski definition) is 4. The molecule has 1 atom stereocenters. The molecule has 0 aliphatic heterocycles. The Morgan fingerprint density at radius 2 is 2.32 bits per heavy atom. The van der Waals surface area contributed by atoms with Gasteiger partial charge in [-0.25, -0.2) is 0 Å². The standard InChI is InChI=1S/C13H19BrN2O3/c1-19-6-5-16-13(18)9-15-8-12(17)10-3-2-4-11(14)7-10/h2-4,7,12,15,17H,5-6,8-9H2,1H3,(H,16,18). The SMILES string of the molecule is COCCNC(=O)CNCC(O)c1cccc(Br)c1. The van der Waals surface area contributed by atoms with E-state index >= 15 is 0 Å². The average Bonchev–Trinajstić information content (AvgIpc) is 2.39. The van der Waals surface area contributed by atoms with Crippen LogP contribution in [-0.2, 0) is 9.53 Å². The van der Waals surface area contributed by atoms with Gasteiger partial charge in [-0.3, -0.25) is 4.79 Å². The number of rotatable bonds is 8. The molecule has 3 N–H and O–H groups in total. The van der Waals surface area contributed by atoms with Crippen LogP contribution in [0.15, 0.2) is 28.7 Å². The van der Waals surface area contributed by atoms with E-state index in [4.69, 9.17) is 4.74 Å². The number of benzene rings is 1. The highest BCUT2D eigenvalue weighted by Gasteiger charge is 2.08. The lowest BCUT2D eigenvalue weighted by Gasteiger charge is -2.12. The quantitative estimate of drug-likeness (QED) is 0.617. The van der Waals surface area contributed by atoms with Crippen LogP contribution in [0.2, 0.25) is 0 Å². The Bertz CT molecular complexity index is 401. The van der Waals surface area contributed by atoms with Gasteiger partial charge >= 0.3 is 0 Å². The molecule has 1 amide bonds. The normalized spacial score (nSPS) is 12.2. The molecule has 0 fully saturated rings. The molecule has 106 valence electrons. The smallest absolute Gasteiger partial charge is 0.234 e. The zero-order valence-electron chi connectivity index (χ0n) is 10.9. The number of nitrogens with one attached hydrogen (secondary N) is 2. The largest absolute Gasteiger partial charge is 0.387 e. The molecule has 0 bridgehead atoms. The summed E-state index contributed by atoms with van der Waals surface area (Å²) in [5, 5.41) is 15.5. The minimum absolute atomic E-state index is 0.113.